The van der Waals surface area contributed by atoms with Crippen molar-refractivity contribution in [2.24, 2.45) is 0 Å². The Hall–Kier alpha value is -1.37. The Morgan fingerprint density at radius 1 is 1.09 bits per heavy atom. The first-order valence-electron chi connectivity index (χ1n) is 8.45. The van der Waals surface area contributed by atoms with Gasteiger partial charge in [0.2, 0.25) is 0 Å². The van der Waals surface area contributed by atoms with Crippen molar-refractivity contribution in [1.29, 1.82) is 5.26 Å². The van der Waals surface area contributed by atoms with E-state index >= 15 is 0 Å². The zero-order valence-corrected chi connectivity index (χ0v) is 13.8. The first kappa shape index (κ1) is 17.0. The highest BCUT2D eigenvalue weighted by Gasteiger charge is 2.32. The van der Waals surface area contributed by atoms with Crippen LogP contribution in [0.5, 0.6) is 0 Å². The molecule has 0 amide bonds. The maximum Gasteiger partial charge on any atom is 0.165 e. The number of nitrogens with zero attached hydrogens (tertiary/aromatic N) is 1. The van der Waals surface area contributed by atoms with Crippen LogP contribution in [0.1, 0.15) is 69.4 Å². The molecule has 0 saturated carbocycles. The summed E-state index contributed by atoms with van der Waals surface area (Å²) in [5, 5.41) is 8.84. The summed E-state index contributed by atoms with van der Waals surface area (Å²) in [5.41, 5.74) is 1.88. The van der Waals surface area contributed by atoms with Gasteiger partial charge in [0.05, 0.1) is 24.8 Å². The molecule has 1 aliphatic heterocycles. The van der Waals surface area contributed by atoms with Crippen molar-refractivity contribution in [3.63, 3.8) is 0 Å². The average molecular weight is 301 g/mol. The maximum absolute atomic E-state index is 8.84. The van der Waals surface area contributed by atoms with Crippen LogP contribution in [0.3, 0.4) is 0 Å². The molecule has 1 aromatic rings. The standard InChI is InChI=1S/C19H27NO2/c1-3-4-5-6-7-12-19(2)21-14-18(15-22-19)17-10-8-16(13-20)9-11-17/h8-11,18H,3-7,12,14-15H2,1-2H3. The van der Waals surface area contributed by atoms with E-state index in [9.17, 15) is 0 Å². The minimum Gasteiger partial charge on any atom is -0.350 e. The zero-order chi connectivity index (χ0) is 15.8. The van der Waals surface area contributed by atoms with Crippen LogP contribution in [-0.4, -0.2) is 19.0 Å². The Balaban J connectivity index is 1.77. The minimum absolute atomic E-state index is 0.265. The number of ether oxygens (including phenoxy) is 2. The van der Waals surface area contributed by atoms with Gasteiger partial charge in [-0.25, -0.2) is 0 Å². The summed E-state index contributed by atoms with van der Waals surface area (Å²) < 4.78 is 12.0. The lowest BCUT2D eigenvalue weighted by molar-refractivity contribution is -0.266. The van der Waals surface area contributed by atoms with Gasteiger partial charge in [-0.2, -0.15) is 5.26 Å². The fraction of sp³-hybridized carbons (Fsp3) is 0.632. The molecule has 22 heavy (non-hydrogen) atoms. The molecule has 2 rings (SSSR count). The number of rotatable bonds is 7. The Labute approximate surface area is 134 Å². The summed E-state index contributed by atoms with van der Waals surface area (Å²) in [7, 11) is 0. The van der Waals surface area contributed by atoms with Gasteiger partial charge in [-0.3, -0.25) is 0 Å². The van der Waals surface area contributed by atoms with Crippen LogP contribution >= 0.6 is 0 Å². The van der Waals surface area contributed by atoms with Crippen molar-refractivity contribution in [3.05, 3.63) is 35.4 Å². The maximum atomic E-state index is 8.84. The molecule has 0 bridgehead atoms. The third-order valence-corrected chi connectivity index (χ3v) is 4.43. The first-order chi connectivity index (χ1) is 10.7. The van der Waals surface area contributed by atoms with Crippen molar-refractivity contribution in [2.45, 2.75) is 64.1 Å². The van der Waals surface area contributed by atoms with Gasteiger partial charge in [0.25, 0.3) is 0 Å². The van der Waals surface area contributed by atoms with E-state index in [0.29, 0.717) is 18.8 Å². The van der Waals surface area contributed by atoms with Crippen LogP contribution in [0, 0.1) is 11.3 Å². The molecule has 3 nitrogen and oxygen atoms in total. The van der Waals surface area contributed by atoms with Crippen molar-refractivity contribution in [1.82, 2.24) is 0 Å². The van der Waals surface area contributed by atoms with E-state index < -0.39 is 5.79 Å². The molecular formula is C19H27NO2. The van der Waals surface area contributed by atoms with Gasteiger partial charge in [-0.15, -0.1) is 0 Å². The summed E-state index contributed by atoms with van der Waals surface area (Å²) in [5.74, 6) is -0.157. The Morgan fingerprint density at radius 2 is 1.73 bits per heavy atom. The monoisotopic (exact) mass is 301 g/mol. The van der Waals surface area contributed by atoms with Crippen LogP contribution in [0.4, 0.5) is 0 Å². The van der Waals surface area contributed by atoms with Gasteiger partial charge in [-0.05, 0) is 31.0 Å². The molecular weight excluding hydrogens is 274 g/mol. The second kappa shape index (κ2) is 8.31. The van der Waals surface area contributed by atoms with Gasteiger partial charge in [0.15, 0.2) is 5.79 Å². The van der Waals surface area contributed by atoms with Gasteiger partial charge in [0.1, 0.15) is 0 Å². The predicted molar refractivity (Wildman–Crippen MR) is 87.6 cm³/mol. The second-order valence-electron chi connectivity index (χ2n) is 6.35. The molecule has 3 heteroatoms. The summed E-state index contributed by atoms with van der Waals surface area (Å²) >= 11 is 0. The lowest BCUT2D eigenvalue weighted by atomic mass is 9.97. The molecule has 0 aliphatic carbocycles. The van der Waals surface area contributed by atoms with Crippen LogP contribution < -0.4 is 0 Å². The normalized spacial score (nSPS) is 24.9. The molecule has 0 atom stereocenters. The van der Waals surface area contributed by atoms with Crippen LogP contribution in [0.15, 0.2) is 24.3 Å². The van der Waals surface area contributed by atoms with Crippen molar-refractivity contribution in [3.8, 4) is 6.07 Å². The lowest BCUT2D eigenvalue weighted by Crippen LogP contribution is -2.40. The number of benzene rings is 1. The SMILES string of the molecule is CCCCCCCC1(C)OCC(c2ccc(C#N)cc2)CO1. The predicted octanol–water partition coefficient (Wildman–Crippen LogP) is 4.77. The molecule has 1 heterocycles. The van der Waals surface area contributed by atoms with E-state index in [4.69, 9.17) is 14.7 Å². The third-order valence-electron chi connectivity index (χ3n) is 4.43. The minimum atomic E-state index is -0.421. The zero-order valence-electron chi connectivity index (χ0n) is 13.8. The van der Waals surface area contributed by atoms with E-state index in [2.05, 4.69) is 19.9 Å². The molecule has 120 valence electrons. The molecule has 0 radical (unpaired) electrons. The average Bonchev–Trinajstić information content (AvgIpc) is 2.55. The van der Waals surface area contributed by atoms with E-state index in [1.54, 1.807) is 0 Å². The Morgan fingerprint density at radius 3 is 2.32 bits per heavy atom. The van der Waals surface area contributed by atoms with Gasteiger partial charge in [-0.1, -0.05) is 44.7 Å². The number of hydrogen-bond acceptors (Lipinski definition) is 3. The smallest absolute Gasteiger partial charge is 0.165 e. The second-order valence-corrected chi connectivity index (χ2v) is 6.35. The summed E-state index contributed by atoms with van der Waals surface area (Å²) in [6.45, 7) is 5.68. The van der Waals surface area contributed by atoms with Crippen molar-refractivity contribution < 1.29 is 9.47 Å². The van der Waals surface area contributed by atoms with Gasteiger partial charge < -0.3 is 9.47 Å². The number of hydrogen-bond donors (Lipinski definition) is 0. The molecule has 1 fully saturated rings. The molecule has 1 aliphatic rings. The quantitative estimate of drug-likeness (QED) is 0.681. The molecule has 0 spiro atoms. The summed E-state index contributed by atoms with van der Waals surface area (Å²) in [4.78, 5) is 0. The van der Waals surface area contributed by atoms with E-state index in [1.165, 1.54) is 31.2 Å². The highest BCUT2D eigenvalue weighted by Crippen LogP contribution is 2.31. The number of unbranched alkanes of at least 4 members (excludes halogenated alkanes) is 4. The highest BCUT2D eigenvalue weighted by atomic mass is 16.7. The van der Waals surface area contributed by atoms with Crippen molar-refractivity contribution >= 4 is 0 Å². The molecule has 0 aromatic heterocycles. The van der Waals surface area contributed by atoms with Crippen molar-refractivity contribution in [2.75, 3.05) is 13.2 Å². The Kier molecular flexibility index (Phi) is 6.42. The Bertz CT molecular complexity index is 481. The van der Waals surface area contributed by atoms with E-state index in [1.807, 2.05) is 24.3 Å². The van der Waals surface area contributed by atoms with Crippen LogP contribution in [-0.2, 0) is 9.47 Å². The molecule has 0 unspecified atom stereocenters. The van der Waals surface area contributed by atoms with Gasteiger partial charge in [0, 0.05) is 12.3 Å². The van der Waals surface area contributed by atoms with E-state index in [-0.39, 0.29) is 5.92 Å². The molecule has 1 aromatic carbocycles. The first-order valence-corrected chi connectivity index (χ1v) is 8.45. The fourth-order valence-electron chi connectivity index (χ4n) is 2.86. The summed E-state index contributed by atoms with van der Waals surface area (Å²) in [6.07, 6.45) is 7.29. The lowest BCUT2D eigenvalue weighted by Gasteiger charge is -2.38. The largest absolute Gasteiger partial charge is 0.350 e. The molecule has 0 N–H and O–H groups in total. The highest BCUT2D eigenvalue weighted by molar-refractivity contribution is 5.33. The van der Waals surface area contributed by atoms with Crippen LogP contribution in [0.25, 0.3) is 0 Å². The van der Waals surface area contributed by atoms with E-state index in [0.717, 1.165) is 12.8 Å². The third kappa shape index (κ3) is 4.83. The molecule has 1 saturated heterocycles. The fourth-order valence-corrected chi connectivity index (χ4v) is 2.86. The number of nitriles is 1. The van der Waals surface area contributed by atoms with Gasteiger partial charge >= 0.3 is 0 Å². The van der Waals surface area contributed by atoms with Crippen LogP contribution in [0.2, 0.25) is 0 Å². The topological polar surface area (TPSA) is 42.2 Å². The summed E-state index contributed by atoms with van der Waals surface area (Å²) in [6, 6.07) is 9.87.